The predicted molar refractivity (Wildman–Crippen MR) is 60.8 cm³/mol. The number of ketones is 1. The lowest BCUT2D eigenvalue weighted by atomic mass is 9.80. The molecule has 0 N–H and O–H groups in total. The van der Waals surface area contributed by atoms with Crippen LogP contribution >= 0.6 is 11.8 Å². The number of ether oxygens (including phenoxy) is 1. The van der Waals surface area contributed by atoms with Crippen molar-refractivity contribution in [2.75, 3.05) is 12.4 Å². The summed E-state index contributed by atoms with van der Waals surface area (Å²) >= 11 is 1.77. The van der Waals surface area contributed by atoms with Gasteiger partial charge < -0.3 is 4.74 Å². The zero-order valence-electron chi connectivity index (χ0n) is 9.34. The molecule has 0 radical (unpaired) electrons. The second-order valence-corrected chi connectivity index (χ2v) is 5.43. The first-order valence-electron chi connectivity index (χ1n) is 5.44. The van der Waals surface area contributed by atoms with E-state index in [4.69, 9.17) is 4.74 Å². The minimum atomic E-state index is -0.245. The molecule has 0 amide bonds. The first-order chi connectivity index (χ1) is 6.65. The fourth-order valence-electron chi connectivity index (χ4n) is 1.64. The van der Waals surface area contributed by atoms with Crippen molar-refractivity contribution in [1.29, 1.82) is 0 Å². The Kier molecular flexibility index (Phi) is 4.45. The lowest BCUT2D eigenvalue weighted by molar-refractivity contribution is -0.139. The lowest BCUT2D eigenvalue weighted by Gasteiger charge is -2.44. The van der Waals surface area contributed by atoms with Gasteiger partial charge in [-0.1, -0.05) is 13.3 Å². The number of unbranched alkanes of at least 4 members (excludes halogenated alkanes) is 1. The Balaban J connectivity index is 2.39. The second-order valence-electron chi connectivity index (χ2n) is 3.88. The van der Waals surface area contributed by atoms with Crippen molar-refractivity contribution in [3.05, 3.63) is 0 Å². The van der Waals surface area contributed by atoms with Crippen LogP contribution in [-0.2, 0) is 9.53 Å². The highest BCUT2D eigenvalue weighted by Gasteiger charge is 2.52. The van der Waals surface area contributed by atoms with Crippen LogP contribution < -0.4 is 0 Å². The van der Waals surface area contributed by atoms with Gasteiger partial charge in [0.1, 0.15) is 0 Å². The maximum Gasteiger partial charge on any atom is 0.153 e. The third-order valence-corrected chi connectivity index (χ3v) is 4.39. The second kappa shape index (κ2) is 5.17. The SMILES string of the molecule is CCCCS[C@]1(C)C(=O)C[C@H]1OCC. The van der Waals surface area contributed by atoms with Crippen molar-refractivity contribution in [2.45, 2.75) is 50.9 Å². The fourth-order valence-corrected chi connectivity index (χ4v) is 3.07. The van der Waals surface area contributed by atoms with E-state index < -0.39 is 0 Å². The van der Waals surface area contributed by atoms with E-state index in [9.17, 15) is 4.79 Å². The van der Waals surface area contributed by atoms with Gasteiger partial charge in [0.05, 0.1) is 10.9 Å². The van der Waals surface area contributed by atoms with E-state index in [2.05, 4.69) is 6.92 Å². The van der Waals surface area contributed by atoms with Crippen molar-refractivity contribution in [3.8, 4) is 0 Å². The molecule has 82 valence electrons. The molecular weight excluding hydrogens is 196 g/mol. The molecule has 2 nitrogen and oxygen atoms in total. The van der Waals surface area contributed by atoms with Crippen LogP contribution in [0.1, 0.15) is 40.0 Å². The van der Waals surface area contributed by atoms with E-state index in [0.29, 0.717) is 18.8 Å². The molecule has 1 rings (SSSR count). The first-order valence-corrected chi connectivity index (χ1v) is 6.42. The summed E-state index contributed by atoms with van der Waals surface area (Å²) in [6.07, 6.45) is 3.15. The average molecular weight is 216 g/mol. The van der Waals surface area contributed by atoms with E-state index in [1.165, 1.54) is 12.8 Å². The summed E-state index contributed by atoms with van der Waals surface area (Å²) in [4.78, 5) is 11.5. The average Bonchev–Trinajstić information content (AvgIpc) is 2.18. The highest BCUT2D eigenvalue weighted by Crippen LogP contribution is 2.43. The molecule has 1 saturated carbocycles. The van der Waals surface area contributed by atoms with Crippen molar-refractivity contribution in [2.24, 2.45) is 0 Å². The highest BCUT2D eigenvalue weighted by molar-refractivity contribution is 8.01. The Morgan fingerprint density at radius 2 is 2.29 bits per heavy atom. The van der Waals surface area contributed by atoms with Crippen LogP contribution in [0.25, 0.3) is 0 Å². The minimum absolute atomic E-state index is 0.154. The predicted octanol–water partition coefficient (Wildman–Crippen LogP) is 2.66. The van der Waals surface area contributed by atoms with Crippen LogP contribution in [0.2, 0.25) is 0 Å². The summed E-state index contributed by atoms with van der Waals surface area (Å²) in [5.74, 6) is 1.43. The molecule has 0 bridgehead atoms. The van der Waals surface area contributed by atoms with Crippen LogP contribution in [0, 0.1) is 0 Å². The van der Waals surface area contributed by atoms with Crippen molar-refractivity contribution in [1.82, 2.24) is 0 Å². The highest BCUT2D eigenvalue weighted by atomic mass is 32.2. The van der Waals surface area contributed by atoms with Gasteiger partial charge in [-0.3, -0.25) is 4.79 Å². The fraction of sp³-hybridized carbons (Fsp3) is 0.909. The standard InChI is InChI=1S/C11H20O2S/c1-4-6-7-14-11(3)9(12)8-10(11)13-5-2/h10H,4-8H2,1-3H3/t10-,11-/m1/s1. The molecule has 0 unspecified atom stereocenters. The molecular formula is C11H20O2S. The summed E-state index contributed by atoms with van der Waals surface area (Å²) in [5, 5.41) is 0. The van der Waals surface area contributed by atoms with E-state index in [0.717, 1.165) is 5.75 Å². The molecule has 0 saturated heterocycles. The number of hydrogen-bond acceptors (Lipinski definition) is 3. The molecule has 1 aliphatic carbocycles. The molecule has 0 aromatic rings. The minimum Gasteiger partial charge on any atom is -0.376 e. The van der Waals surface area contributed by atoms with Gasteiger partial charge in [0.15, 0.2) is 5.78 Å². The van der Waals surface area contributed by atoms with Gasteiger partial charge in [0.2, 0.25) is 0 Å². The van der Waals surface area contributed by atoms with Crippen molar-refractivity contribution >= 4 is 17.5 Å². The van der Waals surface area contributed by atoms with Crippen LogP contribution in [0.3, 0.4) is 0 Å². The van der Waals surface area contributed by atoms with Gasteiger partial charge in [0.25, 0.3) is 0 Å². The molecule has 3 heteroatoms. The van der Waals surface area contributed by atoms with Gasteiger partial charge in [-0.25, -0.2) is 0 Å². The number of carbonyl (C=O) groups is 1. The largest absolute Gasteiger partial charge is 0.376 e. The van der Waals surface area contributed by atoms with Gasteiger partial charge in [0, 0.05) is 13.0 Å². The Labute approximate surface area is 90.8 Å². The molecule has 1 fully saturated rings. The maximum absolute atomic E-state index is 11.5. The Hall–Kier alpha value is -0.0200. The number of hydrogen-bond donors (Lipinski definition) is 0. The zero-order valence-corrected chi connectivity index (χ0v) is 10.2. The Bertz CT molecular complexity index is 205. The van der Waals surface area contributed by atoms with Crippen LogP contribution in [0.5, 0.6) is 0 Å². The van der Waals surface area contributed by atoms with Crippen molar-refractivity contribution in [3.63, 3.8) is 0 Å². The van der Waals surface area contributed by atoms with Crippen molar-refractivity contribution < 1.29 is 9.53 Å². The van der Waals surface area contributed by atoms with Crippen LogP contribution in [0.15, 0.2) is 0 Å². The van der Waals surface area contributed by atoms with Gasteiger partial charge in [-0.2, -0.15) is 0 Å². The summed E-state index contributed by atoms with van der Waals surface area (Å²) in [6.45, 7) is 6.90. The number of Topliss-reactive ketones (excluding diaryl/α,β-unsaturated/α-hetero) is 1. The normalized spacial score (nSPS) is 31.6. The van der Waals surface area contributed by atoms with E-state index in [-0.39, 0.29) is 10.9 Å². The monoisotopic (exact) mass is 216 g/mol. The molecule has 0 aliphatic heterocycles. The van der Waals surface area contributed by atoms with Gasteiger partial charge in [-0.05, 0) is 26.0 Å². The maximum atomic E-state index is 11.5. The van der Waals surface area contributed by atoms with Gasteiger partial charge >= 0.3 is 0 Å². The summed E-state index contributed by atoms with van der Waals surface area (Å²) in [5.41, 5.74) is 0. The van der Waals surface area contributed by atoms with E-state index in [1.54, 1.807) is 11.8 Å². The third-order valence-electron chi connectivity index (χ3n) is 2.81. The Morgan fingerprint density at radius 1 is 1.57 bits per heavy atom. The summed E-state index contributed by atoms with van der Waals surface area (Å²) in [6, 6.07) is 0. The number of carbonyl (C=O) groups excluding carboxylic acids is 1. The first kappa shape index (κ1) is 12.1. The van der Waals surface area contributed by atoms with E-state index in [1.807, 2.05) is 13.8 Å². The van der Waals surface area contributed by atoms with Crippen LogP contribution in [0.4, 0.5) is 0 Å². The molecule has 1 aliphatic rings. The van der Waals surface area contributed by atoms with Crippen LogP contribution in [-0.4, -0.2) is 29.0 Å². The topological polar surface area (TPSA) is 26.3 Å². The summed E-state index contributed by atoms with van der Waals surface area (Å²) < 4.78 is 5.31. The molecule has 0 spiro atoms. The molecule has 2 atom stereocenters. The zero-order chi connectivity index (χ0) is 10.6. The molecule has 0 heterocycles. The smallest absolute Gasteiger partial charge is 0.153 e. The van der Waals surface area contributed by atoms with E-state index >= 15 is 0 Å². The Morgan fingerprint density at radius 3 is 2.79 bits per heavy atom. The van der Waals surface area contributed by atoms with Gasteiger partial charge in [-0.15, -0.1) is 11.8 Å². The quantitative estimate of drug-likeness (QED) is 0.638. The lowest BCUT2D eigenvalue weighted by Crippen LogP contribution is -2.57. The molecule has 0 aromatic heterocycles. The third kappa shape index (κ3) is 2.31. The summed E-state index contributed by atoms with van der Waals surface area (Å²) in [7, 11) is 0. The number of rotatable bonds is 6. The number of thioether (sulfide) groups is 1. The molecule has 0 aromatic carbocycles. The molecule has 14 heavy (non-hydrogen) atoms.